The van der Waals surface area contributed by atoms with Crippen molar-refractivity contribution in [2.75, 3.05) is 11.1 Å². The Kier molecular flexibility index (Phi) is 3.05. The molecule has 2 atom stereocenters. The van der Waals surface area contributed by atoms with Crippen LogP contribution >= 0.6 is 23.1 Å². The van der Waals surface area contributed by atoms with E-state index in [1.165, 1.54) is 11.3 Å². The van der Waals surface area contributed by atoms with Crippen LogP contribution < -0.4 is 5.32 Å². The third-order valence-electron chi connectivity index (χ3n) is 3.60. The van der Waals surface area contributed by atoms with Crippen LogP contribution in [0.4, 0.5) is 5.13 Å². The molecule has 7 heteroatoms. The van der Waals surface area contributed by atoms with Crippen LogP contribution in [0.2, 0.25) is 0 Å². The van der Waals surface area contributed by atoms with Crippen LogP contribution in [0.15, 0.2) is 6.20 Å². The Bertz CT molecular complexity index is 545. The average Bonchev–Trinajstić information content (AvgIpc) is 2.97. The van der Waals surface area contributed by atoms with Crippen molar-refractivity contribution in [2.24, 2.45) is 0 Å². The van der Waals surface area contributed by atoms with Crippen LogP contribution in [0.3, 0.4) is 0 Å². The topological polar surface area (TPSA) is 62.3 Å². The lowest BCUT2D eigenvalue weighted by molar-refractivity contribution is -0.135. The van der Waals surface area contributed by atoms with Crippen molar-refractivity contribution in [2.45, 2.75) is 37.6 Å². The van der Waals surface area contributed by atoms with E-state index in [2.05, 4.69) is 10.3 Å². The van der Waals surface area contributed by atoms with Gasteiger partial charge in [-0.1, -0.05) is 0 Å². The first kappa shape index (κ1) is 12.9. The molecular formula is C12H15N3O2S2. The summed E-state index contributed by atoms with van der Waals surface area (Å²) >= 11 is 3.15. The quantitative estimate of drug-likeness (QED) is 0.905. The number of nitrogens with one attached hydrogen (secondary N) is 1. The van der Waals surface area contributed by atoms with Gasteiger partial charge in [0.1, 0.15) is 6.04 Å². The number of nitrogens with zero attached hydrogens (tertiary/aromatic N) is 2. The smallest absolute Gasteiger partial charge is 0.249 e. The molecule has 0 saturated carbocycles. The number of hydrogen-bond acceptors (Lipinski definition) is 5. The summed E-state index contributed by atoms with van der Waals surface area (Å²) in [7, 11) is 0. The zero-order chi connectivity index (χ0) is 13.6. The molecule has 2 aliphatic rings. The van der Waals surface area contributed by atoms with Gasteiger partial charge in [-0.05, 0) is 20.3 Å². The molecule has 0 spiro atoms. The van der Waals surface area contributed by atoms with Gasteiger partial charge < -0.3 is 10.2 Å². The second-order valence-corrected chi connectivity index (χ2v) is 7.77. The fraction of sp³-hybridized carbons (Fsp3) is 0.583. The predicted molar refractivity (Wildman–Crippen MR) is 76.2 cm³/mol. The van der Waals surface area contributed by atoms with E-state index in [0.29, 0.717) is 17.3 Å². The van der Waals surface area contributed by atoms with Crippen molar-refractivity contribution in [1.82, 2.24) is 9.88 Å². The Labute approximate surface area is 119 Å². The van der Waals surface area contributed by atoms with Crippen LogP contribution in [-0.2, 0) is 9.59 Å². The van der Waals surface area contributed by atoms with Crippen LogP contribution in [0, 0.1) is 6.92 Å². The second-order valence-electron chi connectivity index (χ2n) is 5.03. The molecule has 19 heavy (non-hydrogen) atoms. The maximum Gasteiger partial charge on any atom is 0.249 e. The van der Waals surface area contributed by atoms with Crippen LogP contribution in [-0.4, -0.2) is 38.4 Å². The first-order valence-corrected chi connectivity index (χ1v) is 7.99. The van der Waals surface area contributed by atoms with Crippen LogP contribution in [0.25, 0.3) is 0 Å². The molecule has 1 aromatic rings. The molecule has 1 N–H and O–H groups in total. The Morgan fingerprint density at radius 2 is 2.42 bits per heavy atom. The molecule has 0 radical (unpaired) electrons. The van der Waals surface area contributed by atoms with Crippen LogP contribution in [0.5, 0.6) is 0 Å². The zero-order valence-corrected chi connectivity index (χ0v) is 12.4. The van der Waals surface area contributed by atoms with E-state index in [1.807, 2.05) is 13.8 Å². The molecule has 2 saturated heterocycles. The van der Waals surface area contributed by atoms with Crippen molar-refractivity contribution < 1.29 is 9.59 Å². The number of aromatic nitrogens is 1. The van der Waals surface area contributed by atoms with Gasteiger partial charge in [-0.2, -0.15) is 0 Å². The van der Waals surface area contributed by atoms with Crippen molar-refractivity contribution in [1.29, 1.82) is 0 Å². The molecule has 2 aliphatic heterocycles. The fourth-order valence-electron chi connectivity index (χ4n) is 2.62. The standard InChI is InChI=1S/C12H15N3O2S2/c1-7-5-13-11(19-7)14-10(17)8-6-18-12(2)4-3-9(16)15(8)12/h5,8H,3-4,6H2,1-2H3,(H,13,14,17)/t8-,12+/m0/s1. The molecule has 0 aliphatic carbocycles. The zero-order valence-electron chi connectivity index (χ0n) is 10.8. The second kappa shape index (κ2) is 4.49. The number of rotatable bonds is 2. The number of thioether (sulfide) groups is 1. The molecule has 2 fully saturated rings. The van der Waals surface area contributed by atoms with E-state index in [1.54, 1.807) is 22.9 Å². The summed E-state index contributed by atoms with van der Waals surface area (Å²) in [6.07, 6.45) is 3.11. The largest absolute Gasteiger partial charge is 0.315 e. The van der Waals surface area contributed by atoms with Crippen molar-refractivity contribution in [3.63, 3.8) is 0 Å². The molecule has 0 bridgehead atoms. The minimum absolute atomic E-state index is 0.0861. The molecule has 0 unspecified atom stereocenters. The highest BCUT2D eigenvalue weighted by Crippen LogP contribution is 2.47. The van der Waals surface area contributed by atoms with E-state index in [9.17, 15) is 9.59 Å². The summed E-state index contributed by atoms with van der Waals surface area (Å²) in [5.74, 6) is 0.627. The molecule has 2 amide bonds. The van der Waals surface area contributed by atoms with Crippen molar-refractivity contribution in [3.8, 4) is 0 Å². The summed E-state index contributed by atoms with van der Waals surface area (Å²) in [6, 6.07) is -0.366. The third-order valence-corrected chi connectivity index (χ3v) is 5.93. The molecule has 5 nitrogen and oxygen atoms in total. The van der Waals surface area contributed by atoms with Gasteiger partial charge in [-0.3, -0.25) is 9.59 Å². The first-order chi connectivity index (χ1) is 8.99. The van der Waals surface area contributed by atoms with Gasteiger partial charge in [0.25, 0.3) is 0 Å². The van der Waals surface area contributed by atoms with Gasteiger partial charge in [0.05, 0.1) is 4.87 Å². The minimum atomic E-state index is -0.366. The summed E-state index contributed by atoms with van der Waals surface area (Å²) in [5, 5.41) is 3.42. The number of carbonyl (C=O) groups is 2. The number of anilines is 1. The number of carbonyl (C=O) groups excluding carboxylic acids is 2. The maximum atomic E-state index is 12.3. The number of amides is 2. The lowest BCUT2D eigenvalue weighted by atomic mass is 10.2. The summed E-state index contributed by atoms with van der Waals surface area (Å²) in [5.41, 5.74) is 0. The number of aryl methyl sites for hydroxylation is 1. The van der Waals surface area contributed by atoms with Gasteiger partial charge in [0.2, 0.25) is 11.8 Å². The van der Waals surface area contributed by atoms with Gasteiger partial charge in [0.15, 0.2) is 5.13 Å². The monoisotopic (exact) mass is 297 g/mol. The molecule has 3 heterocycles. The minimum Gasteiger partial charge on any atom is -0.315 e. The summed E-state index contributed by atoms with van der Waals surface area (Å²) in [4.78, 5) is 31.0. The van der Waals surface area contributed by atoms with Gasteiger partial charge in [0, 0.05) is 23.2 Å². The van der Waals surface area contributed by atoms with E-state index < -0.39 is 0 Å². The van der Waals surface area contributed by atoms with Gasteiger partial charge in [-0.25, -0.2) is 4.98 Å². The lowest BCUT2D eigenvalue weighted by Crippen LogP contribution is -2.48. The van der Waals surface area contributed by atoms with Crippen molar-refractivity contribution in [3.05, 3.63) is 11.1 Å². The Morgan fingerprint density at radius 1 is 1.63 bits per heavy atom. The number of thiazole rings is 1. The lowest BCUT2D eigenvalue weighted by Gasteiger charge is -2.29. The highest BCUT2D eigenvalue weighted by Gasteiger charge is 2.52. The Hall–Kier alpha value is -1.08. The predicted octanol–water partition coefficient (Wildman–Crippen LogP) is 1.84. The summed E-state index contributed by atoms with van der Waals surface area (Å²) in [6.45, 7) is 3.99. The first-order valence-electron chi connectivity index (χ1n) is 6.19. The van der Waals surface area contributed by atoms with Gasteiger partial charge in [-0.15, -0.1) is 23.1 Å². The SMILES string of the molecule is Cc1cnc(NC(=O)[C@@H]2CS[C@]3(C)CCC(=O)N23)s1. The fourth-order valence-corrected chi connectivity index (χ4v) is 4.72. The third kappa shape index (κ3) is 2.14. The van der Waals surface area contributed by atoms with Crippen molar-refractivity contribution >= 4 is 40.0 Å². The summed E-state index contributed by atoms with van der Waals surface area (Å²) < 4.78 is 0. The molecular weight excluding hydrogens is 282 g/mol. The highest BCUT2D eigenvalue weighted by atomic mass is 32.2. The number of fused-ring (bicyclic) bond motifs is 1. The molecule has 0 aromatic carbocycles. The molecule has 1 aromatic heterocycles. The van der Waals surface area contributed by atoms with E-state index >= 15 is 0 Å². The van der Waals surface area contributed by atoms with E-state index in [-0.39, 0.29) is 22.7 Å². The van der Waals surface area contributed by atoms with Crippen LogP contribution in [0.1, 0.15) is 24.6 Å². The van der Waals surface area contributed by atoms with Gasteiger partial charge >= 0.3 is 0 Å². The molecule has 102 valence electrons. The molecule has 3 rings (SSSR count). The average molecular weight is 297 g/mol. The normalized spacial score (nSPS) is 29.7. The van der Waals surface area contributed by atoms with E-state index in [4.69, 9.17) is 0 Å². The van der Waals surface area contributed by atoms with E-state index in [0.717, 1.165) is 11.3 Å². The Morgan fingerprint density at radius 3 is 3.11 bits per heavy atom. The maximum absolute atomic E-state index is 12.3. The highest BCUT2D eigenvalue weighted by molar-refractivity contribution is 8.01. The number of hydrogen-bond donors (Lipinski definition) is 1. The Balaban J connectivity index is 1.76.